The molecule has 39 heavy (non-hydrogen) atoms. The van der Waals surface area contributed by atoms with Crippen molar-refractivity contribution in [2.75, 3.05) is 20.7 Å². The van der Waals surface area contributed by atoms with Crippen molar-refractivity contribution in [2.45, 2.75) is 32.8 Å². The van der Waals surface area contributed by atoms with E-state index < -0.39 is 0 Å². The molecule has 0 radical (unpaired) electrons. The number of carbonyl (C=O) groups excluding carboxylic acids is 1. The van der Waals surface area contributed by atoms with Crippen molar-refractivity contribution in [1.29, 1.82) is 0 Å². The number of aromatic nitrogens is 2. The molecule has 0 bridgehead atoms. The molecule has 5 aromatic rings. The van der Waals surface area contributed by atoms with E-state index in [0.29, 0.717) is 24.6 Å². The van der Waals surface area contributed by atoms with E-state index in [-0.39, 0.29) is 25.7 Å². The highest BCUT2D eigenvalue weighted by Crippen LogP contribution is 2.39. The summed E-state index contributed by atoms with van der Waals surface area (Å²) >= 11 is 0. The van der Waals surface area contributed by atoms with Crippen molar-refractivity contribution in [3.05, 3.63) is 107 Å². The molecule has 1 amide bonds. The average molecular weight is 524 g/mol. The highest BCUT2D eigenvalue weighted by Gasteiger charge is 2.22. The standard InChI is InChI=1S/C32H33N3O4/c1-34(17-16-23-10-5-3-6-11-23)30(37)19-35-27-14-9-15-29(39-21-24-12-7-4-8-13-24)32(27)31-25(22-38-2)26(20-36)33-18-28(31)35/h3-15,18,36H,16-17,19-22H2,1-2H3. The highest BCUT2D eigenvalue weighted by atomic mass is 16.5. The van der Waals surface area contributed by atoms with E-state index in [0.717, 1.165) is 39.4 Å². The SMILES string of the molecule is COCc1c(CO)ncc2c1c1c(OCc3ccccc3)cccc1n2CC(=O)N(C)CCc1ccccc1. The second kappa shape index (κ2) is 12.1. The first kappa shape index (κ1) is 26.4. The van der Waals surface area contributed by atoms with Gasteiger partial charge in [-0.25, -0.2) is 0 Å². The third-order valence-electron chi connectivity index (χ3n) is 7.06. The molecule has 0 saturated heterocycles. The van der Waals surface area contributed by atoms with Crippen LogP contribution in [0.3, 0.4) is 0 Å². The Morgan fingerprint density at radius 3 is 2.31 bits per heavy atom. The topological polar surface area (TPSA) is 76.8 Å². The number of fused-ring (bicyclic) bond motifs is 3. The molecule has 0 aliphatic rings. The van der Waals surface area contributed by atoms with E-state index in [1.807, 2.05) is 78.3 Å². The summed E-state index contributed by atoms with van der Waals surface area (Å²) < 4.78 is 13.9. The van der Waals surface area contributed by atoms with Gasteiger partial charge in [0, 0.05) is 31.7 Å². The minimum atomic E-state index is -0.213. The maximum absolute atomic E-state index is 13.4. The van der Waals surface area contributed by atoms with Gasteiger partial charge in [-0.05, 0) is 29.7 Å². The second-order valence-electron chi connectivity index (χ2n) is 9.60. The Morgan fingerprint density at radius 2 is 1.62 bits per heavy atom. The zero-order valence-electron chi connectivity index (χ0n) is 22.3. The van der Waals surface area contributed by atoms with Crippen molar-refractivity contribution >= 4 is 27.7 Å². The number of benzene rings is 3. The van der Waals surface area contributed by atoms with Gasteiger partial charge in [0.15, 0.2) is 0 Å². The van der Waals surface area contributed by atoms with Gasteiger partial charge >= 0.3 is 0 Å². The van der Waals surface area contributed by atoms with Crippen LogP contribution in [0.25, 0.3) is 21.8 Å². The number of rotatable bonds is 11. The lowest BCUT2D eigenvalue weighted by atomic mass is 10.1. The van der Waals surface area contributed by atoms with E-state index >= 15 is 0 Å². The molecule has 0 atom stereocenters. The van der Waals surface area contributed by atoms with Crippen LogP contribution in [0.5, 0.6) is 5.75 Å². The number of nitrogens with zero attached hydrogens (tertiary/aromatic N) is 3. The van der Waals surface area contributed by atoms with Crippen LogP contribution in [0.15, 0.2) is 85.1 Å². The molecule has 1 N–H and O–H groups in total. The molecule has 7 heteroatoms. The summed E-state index contributed by atoms with van der Waals surface area (Å²) in [6, 6.07) is 26.0. The number of likely N-dealkylation sites (N-methyl/N-ethyl adjacent to an activating group) is 1. The molecule has 0 unspecified atom stereocenters. The fraction of sp³-hybridized carbons (Fsp3) is 0.250. The average Bonchev–Trinajstić information content (AvgIpc) is 3.30. The third kappa shape index (κ3) is 5.65. The van der Waals surface area contributed by atoms with E-state index in [1.165, 1.54) is 5.56 Å². The fourth-order valence-corrected chi connectivity index (χ4v) is 4.97. The van der Waals surface area contributed by atoms with Crippen molar-refractivity contribution in [2.24, 2.45) is 0 Å². The number of aliphatic hydroxyl groups is 1. The number of methoxy groups -OCH3 is 1. The molecule has 5 rings (SSSR count). The van der Waals surface area contributed by atoms with Crippen LogP contribution < -0.4 is 4.74 Å². The van der Waals surface area contributed by atoms with E-state index in [4.69, 9.17) is 9.47 Å². The van der Waals surface area contributed by atoms with Gasteiger partial charge in [-0.3, -0.25) is 9.78 Å². The zero-order valence-corrected chi connectivity index (χ0v) is 22.3. The van der Waals surface area contributed by atoms with E-state index in [1.54, 1.807) is 18.2 Å². The Kier molecular flexibility index (Phi) is 8.20. The fourth-order valence-electron chi connectivity index (χ4n) is 4.97. The van der Waals surface area contributed by atoms with Gasteiger partial charge in [0.1, 0.15) is 18.9 Å². The summed E-state index contributed by atoms with van der Waals surface area (Å²) in [4.78, 5) is 19.7. The monoisotopic (exact) mass is 523 g/mol. The number of hydrogen-bond donors (Lipinski definition) is 1. The Morgan fingerprint density at radius 1 is 0.897 bits per heavy atom. The third-order valence-corrected chi connectivity index (χ3v) is 7.06. The predicted molar refractivity (Wildman–Crippen MR) is 152 cm³/mol. The van der Waals surface area contributed by atoms with Gasteiger partial charge < -0.3 is 24.0 Å². The van der Waals surface area contributed by atoms with Gasteiger partial charge in [-0.1, -0.05) is 66.7 Å². The van der Waals surface area contributed by atoms with Crippen LogP contribution in [-0.2, 0) is 42.3 Å². The van der Waals surface area contributed by atoms with E-state index in [9.17, 15) is 9.90 Å². The molecule has 200 valence electrons. The first-order valence-electron chi connectivity index (χ1n) is 13.1. The Balaban J connectivity index is 1.55. The highest BCUT2D eigenvalue weighted by molar-refractivity contribution is 6.13. The minimum absolute atomic E-state index is 0.000126. The Labute approximate surface area is 228 Å². The largest absolute Gasteiger partial charge is 0.488 e. The van der Waals surface area contributed by atoms with E-state index in [2.05, 4.69) is 17.1 Å². The van der Waals surface area contributed by atoms with Gasteiger partial charge in [0.05, 0.1) is 41.5 Å². The Bertz CT molecular complexity index is 1570. The lowest BCUT2D eigenvalue weighted by molar-refractivity contribution is -0.130. The number of hydrogen-bond acceptors (Lipinski definition) is 5. The molecule has 0 saturated carbocycles. The molecule has 2 aromatic heterocycles. The molecule has 0 aliphatic carbocycles. The lowest BCUT2D eigenvalue weighted by Gasteiger charge is -2.18. The van der Waals surface area contributed by atoms with Gasteiger partial charge in [0.25, 0.3) is 0 Å². The van der Waals surface area contributed by atoms with Crippen LogP contribution in [0.1, 0.15) is 22.4 Å². The van der Waals surface area contributed by atoms with Crippen LogP contribution in [0.4, 0.5) is 0 Å². The minimum Gasteiger partial charge on any atom is -0.488 e. The summed E-state index contributed by atoms with van der Waals surface area (Å²) in [6.45, 7) is 1.24. The van der Waals surface area contributed by atoms with Crippen LogP contribution in [0, 0.1) is 0 Å². The second-order valence-corrected chi connectivity index (χ2v) is 9.60. The van der Waals surface area contributed by atoms with Gasteiger partial charge in [-0.15, -0.1) is 0 Å². The summed E-state index contributed by atoms with van der Waals surface area (Å²) in [6.07, 6.45) is 2.52. The maximum Gasteiger partial charge on any atom is 0.242 e. The van der Waals surface area contributed by atoms with Crippen LogP contribution >= 0.6 is 0 Å². The smallest absolute Gasteiger partial charge is 0.242 e. The molecular formula is C32H33N3O4. The van der Waals surface area contributed by atoms with Crippen molar-refractivity contribution in [3.63, 3.8) is 0 Å². The van der Waals surface area contributed by atoms with Crippen LogP contribution in [0.2, 0.25) is 0 Å². The molecule has 7 nitrogen and oxygen atoms in total. The normalized spacial score (nSPS) is 11.3. The number of ether oxygens (including phenoxy) is 2. The molecule has 0 fully saturated rings. The van der Waals surface area contributed by atoms with Crippen molar-refractivity contribution in [1.82, 2.24) is 14.5 Å². The number of amides is 1. The van der Waals surface area contributed by atoms with Gasteiger partial charge in [0.2, 0.25) is 5.91 Å². The first-order valence-corrected chi connectivity index (χ1v) is 13.1. The van der Waals surface area contributed by atoms with Gasteiger partial charge in [-0.2, -0.15) is 0 Å². The predicted octanol–water partition coefficient (Wildman–Crippen LogP) is 5.11. The maximum atomic E-state index is 13.4. The molecular weight excluding hydrogens is 490 g/mol. The number of aliphatic hydroxyl groups excluding tert-OH is 1. The number of carbonyl (C=O) groups is 1. The summed E-state index contributed by atoms with van der Waals surface area (Å²) in [5.74, 6) is 0.706. The molecule has 3 aromatic carbocycles. The molecule has 0 spiro atoms. The molecule has 0 aliphatic heterocycles. The number of pyridine rings is 1. The Hall–Kier alpha value is -4.20. The molecule has 2 heterocycles. The quantitative estimate of drug-likeness (QED) is 0.260. The summed E-state index contributed by atoms with van der Waals surface area (Å²) in [5, 5.41) is 11.8. The zero-order chi connectivity index (χ0) is 27.2. The van der Waals surface area contributed by atoms with Crippen LogP contribution in [-0.4, -0.2) is 46.2 Å². The first-order chi connectivity index (χ1) is 19.1. The lowest BCUT2D eigenvalue weighted by Crippen LogP contribution is -2.31. The summed E-state index contributed by atoms with van der Waals surface area (Å²) in [7, 11) is 3.46. The summed E-state index contributed by atoms with van der Waals surface area (Å²) in [5.41, 5.74) is 5.27. The van der Waals surface area contributed by atoms with Crippen molar-refractivity contribution in [3.8, 4) is 5.75 Å². The van der Waals surface area contributed by atoms with Crippen molar-refractivity contribution < 1.29 is 19.4 Å².